The predicted octanol–water partition coefficient (Wildman–Crippen LogP) is -0.939. The minimum absolute atomic E-state index is 0.149. The molecule has 0 aromatic rings. The van der Waals surface area contributed by atoms with Crippen LogP contribution in [0.3, 0.4) is 0 Å². The molecule has 0 radical (unpaired) electrons. The Morgan fingerprint density at radius 2 is 2.14 bits per heavy atom. The third kappa shape index (κ3) is 2.95. The lowest BCUT2D eigenvalue weighted by Gasteiger charge is -2.14. The van der Waals surface area contributed by atoms with Crippen LogP contribution in [0.25, 0.3) is 0 Å². The van der Waals surface area contributed by atoms with Crippen LogP contribution in [0.15, 0.2) is 0 Å². The summed E-state index contributed by atoms with van der Waals surface area (Å²) in [5, 5.41) is 11.9. The average Bonchev–Trinajstić information content (AvgIpc) is 2.25. The van der Waals surface area contributed by atoms with Crippen LogP contribution < -0.4 is 5.32 Å². The number of aliphatic hydroxyl groups is 1. The second-order valence-corrected chi connectivity index (χ2v) is 5.72. The molecule has 1 fully saturated rings. The third-order valence-electron chi connectivity index (χ3n) is 2.15. The molecule has 1 heterocycles. The van der Waals surface area contributed by atoms with E-state index in [1.54, 1.807) is 0 Å². The van der Waals surface area contributed by atoms with Crippen LogP contribution >= 0.6 is 0 Å². The van der Waals surface area contributed by atoms with Crippen molar-refractivity contribution in [2.24, 2.45) is 0 Å². The number of sulfone groups is 1. The minimum Gasteiger partial charge on any atom is -0.390 e. The van der Waals surface area contributed by atoms with E-state index in [1.165, 1.54) is 0 Å². The van der Waals surface area contributed by atoms with Crippen LogP contribution in [-0.4, -0.2) is 43.1 Å². The second kappa shape index (κ2) is 4.27. The standard InChI is InChI=1S/C8H15NO4S/c1-2-3-8(11)9-6-4-14(12,13)5-7(6)10/h6-7,10H,2-5H2,1H3,(H,9,11)/t6-,7-/m1/s1. The number of aliphatic hydroxyl groups excluding tert-OH is 1. The zero-order valence-electron chi connectivity index (χ0n) is 8.06. The monoisotopic (exact) mass is 221 g/mol. The molecule has 1 amide bonds. The fraction of sp³-hybridized carbons (Fsp3) is 0.875. The molecule has 0 aromatic carbocycles. The molecular formula is C8H15NO4S. The molecule has 0 bridgehead atoms. The first-order valence-corrected chi connectivity index (χ1v) is 6.44. The number of carbonyl (C=O) groups excluding carboxylic acids is 1. The number of carbonyl (C=O) groups is 1. The Kier molecular flexibility index (Phi) is 3.49. The normalized spacial score (nSPS) is 30.1. The van der Waals surface area contributed by atoms with Gasteiger partial charge in [0, 0.05) is 6.42 Å². The quantitative estimate of drug-likeness (QED) is 0.644. The summed E-state index contributed by atoms with van der Waals surface area (Å²) in [4.78, 5) is 11.1. The van der Waals surface area contributed by atoms with Gasteiger partial charge in [-0.05, 0) is 6.42 Å². The maximum Gasteiger partial charge on any atom is 0.220 e. The van der Waals surface area contributed by atoms with Gasteiger partial charge in [-0.25, -0.2) is 8.42 Å². The van der Waals surface area contributed by atoms with E-state index < -0.39 is 22.0 Å². The molecule has 82 valence electrons. The lowest BCUT2D eigenvalue weighted by Crippen LogP contribution is -2.42. The van der Waals surface area contributed by atoms with E-state index in [1.807, 2.05) is 6.92 Å². The lowest BCUT2D eigenvalue weighted by molar-refractivity contribution is -0.122. The van der Waals surface area contributed by atoms with Crippen LogP contribution in [0, 0.1) is 0 Å². The Balaban J connectivity index is 2.51. The number of amides is 1. The topological polar surface area (TPSA) is 83.5 Å². The zero-order valence-corrected chi connectivity index (χ0v) is 8.88. The van der Waals surface area contributed by atoms with Crippen LogP contribution in [-0.2, 0) is 14.6 Å². The maximum absolute atomic E-state index is 11.1. The SMILES string of the molecule is CCCC(=O)N[C@@H]1CS(=O)(=O)C[C@H]1O. The van der Waals surface area contributed by atoms with Gasteiger partial charge in [0.25, 0.3) is 0 Å². The predicted molar refractivity (Wildman–Crippen MR) is 51.5 cm³/mol. The molecular weight excluding hydrogens is 206 g/mol. The smallest absolute Gasteiger partial charge is 0.220 e. The molecule has 14 heavy (non-hydrogen) atoms. The summed E-state index contributed by atoms with van der Waals surface area (Å²) in [6, 6.07) is -0.626. The average molecular weight is 221 g/mol. The summed E-state index contributed by atoms with van der Waals surface area (Å²) in [5.74, 6) is -0.595. The fourth-order valence-corrected chi connectivity index (χ4v) is 3.21. The highest BCUT2D eigenvalue weighted by Crippen LogP contribution is 2.12. The molecule has 1 aliphatic heterocycles. The highest BCUT2D eigenvalue weighted by molar-refractivity contribution is 7.91. The van der Waals surface area contributed by atoms with Gasteiger partial charge in [-0.2, -0.15) is 0 Å². The summed E-state index contributed by atoms with van der Waals surface area (Å²) in [5.41, 5.74) is 0. The summed E-state index contributed by atoms with van der Waals surface area (Å²) in [7, 11) is -3.17. The molecule has 0 saturated carbocycles. The molecule has 2 atom stereocenters. The van der Waals surface area contributed by atoms with Gasteiger partial charge in [0.1, 0.15) is 0 Å². The van der Waals surface area contributed by atoms with Crippen molar-refractivity contribution in [1.29, 1.82) is 0 Å². The number of rotatable bonds is 3. The molecule has 1 rings (SSSR count). The van der Waals surface area contributed by atoms with Gasteiger partial charge in [-0.3, -0.25) is 4.79 Å². The van der Waals surface area contributed by atoms with E-state index in [9.17, 15) is 18.3 Å². The van der Waals surface area contributed by atoms with Crippen LogP contribution in [0.1, 0.15) is 19.8 Å². The zero-order chi connectivity index (χ0) is 10.8. The van der Waals surface area contributed by atoms with Gasteiger partial charge >= 0.3 is 0 Å². The highest BCUT2D eigenvalue weighted by Gasteiger charge is 2.36. The van der Waals surface area contributed by atoms with Crippen molar-refractivity contribution >= 4 is 15.7 Å². The summed E-state index contributed by atoms with van der Waals surface area (Å²) in [6.07, 6.45) is 0.116. The maximum atomic E-state index is 11.1. The molecule has 2 N–H and O–H groups in total. The number of nitrogens with one attached hydrogen (secondary N) is 1. The third-order valence-corrected chi connectivity index (χ3v) is 3.86. The van der Waals surface area contributed by atoms with Crippen molar-refractivity contribution in [3.05, 3.63) is 0 Å². The van der Waals surface area contributed by atoms with Gasteiger partial charge in [-0.1, -0.05) is 6.92 Å². The van der Waals surface area contributed by atoms with Gasteiger partial charge in [-0.15, -0.1) is 0 Å². The second-order valence-electron chi connectivity index (χ2n) is 3.57. The van der Waals surface area contributed by atoms with Crippen molar-refractivity contribution in [3.63, 3.8) is 0 Å². The van der Waals surface area contributed by atoms with E-state index in [-0.39, 0.29) is 17.4 Å². The first kappa shape index (κ1) is 11.5. The van der Waals surface area contributed by atoms with E-state index in [0.717, 1.165) is 0 Å². The molecule has 1 aliphatic rings. The molecule has 6 heteroatoms. The van der Waals surface area contributed by atoms with Gasteiger partial charge in [0.05, 0.1) is 23.7 Å². The Hall–Kier alpha value is -0.620. The first-order valence-electron chi connectivity index (χ1n) is 4.62. The van der Waals surface area contributed by atoms with Gasteiger partial charge < -0.3 is 10.4 Å². The highest BCUT2D eigenvalue weighted by atomic mass is 32.2. The van der Waals surface area contributed by atoms with E-state index in [2.05, 4.69) is 5.32 Å². The summed E-state index contributed by atoms with van der Waals surface area (Å²) >= 11 is 0. The number of hydrogen-bond acceptors (Lipinski definition) is 4. The van der Waals surface area contributed by atoms with E-state index in [4.69, 9.17) is 0 Å². The van der Waals surface area contributed by atoms with Crippen molar-refractivity contribution in [1.82, 2.24) is 5.32 Å². The largest absolute Gasteiger partial charge is 0.390 e. The summed E-state index contributed by atoms with van der Waals surface area (Å²) < 4.78 is 22.2. The van der Waals surface area contributed by atoms with Crippen LogP contribution in [0.2, 0.25) is 0 Å². The van der Waals surface area contributed by atoms with Crippen molar-refractivity contribution < 1.29 is 18.3 Å². The van der Waals surface area contributed by atoms with Gasteiger partial charge in [0.2, 0.25) is 5.91 Å². The van der Waals surface area contributed by atoms with Crippen molar-refractivity contribution in [3.8, 4) is 0 Å². The Bertz CT molecular complexity index is 311. The molecule has 0 spiro atoms. The van der Waals surface area contributed by atoms with Crippen molar-refractivity contribution in [2.45, 2.75) is 31.9 Å². The van der Waals surface area contributed by atoms with Crippen molar-refractivity contribution in [2.75, 3.05) is 11.5 Å². The molecule has 5 nitrogen and oxygen atoms in total. The van der Waals surface area contributed by atoms with Crippen LogP contribution in [0.4, 0.5) is 0 Å². The van der Waals surface area contributed by atoms with Gasteiger partial charge in [0.15, 0.2) is 9.84 Å². The molecule has 0 aromatic heterocycles. The molecule has 0 unspecified atom stereocenters. The molecule has 0 aliphatic carbocycles. The first-order chi connectivity index (χ1) is 6.44. The Labute approximate surface area is 83.4 Å². The summed E-state index contributed by atoms with van der Waals surface area (Å²) in [6.45, 7) is 1.86. The number of hydrogen-bond donors (Lipinski definition) is 2. The Morgan fingerprint density at radius 1 is 1.50 bits per heavy atom. The Morgan fingerprint density at radius 3 is 2.57 bits per heavy atom. The lowest BCUT2D eigenvalue weighted by atomic mass is 10.2. The van der Waals surface area contributed by atoms with E-state index in [0.29, 0.717) is 12.8 Å². The molecule has 1 saturated heterocycles. The van der Waals surface area contributed by atoms with E-state index >= 15 is 0 Å². The fourth-order valence-electron chi connectivity index (χ4n) is 1.47. The minimum atomic E-state index is -3.17. The van der Waals surface area contributed by atoms with Crippen LogP contribution in [0.5, 0.6) is 0 Å².